The first-order valence-corrected chi connectivity index (χ1v) is 7.07. The third-order valence-electron chi connectivity index (χ3n) is 3.43. The van der Waals surface area contributed by atoms with Gasteiger partial charge in [0, 0.05) is 29.6 Å². The summed E-state index contributed by atoms with van der Waals surface area (Å²) in [5.74, 6) is 0.780. The summed E-state index contributed by atoms with van der Waals surface area (Å²) < 4.78 is 10.8. The minimum Gasteiger partial charge on any atom is -0.486 e. The van der Waals surface area contributed by atoms with Gasteiger partial charge in [-0.3, -0.25) is 14.8 Å². The summed E-state index contributed by atoms with van der Waals surface area (Å²) in [5.41, 5.74) is 3.23. The van der Waals surface area contributed by atoms with Crippen LogP contribution in [0.1, 0.15) is 21.6 Å². The summed E-state index contributed by atoms with van der Waals surface area (Å²) in [6.07, 6.45) is 7.65. The maximum Gasteiger partial charge on any atom is 0.213 e. The number of aliphatic imine (C=N–C) groups is 1. The van der Waals surface area contributed by atoms with E-state index in [0.29, 0.717) is 23.7 Å². The van der Waals surface area contributed by atoms with E-state index >= 15 is 0 Å². The Morgan fingerprint density at radius 3 is 3.00 bits per heavy atom. The average molecular weight is 309 g/mol. The van der Waals surface area contributed by atoms with Crippen molar-refractivity contribution in [3.05, 3.63) is 53.5 Å². The quantitative estimate of drug-likeness (QED) is 0.766. The van der Waals surface area contributed by atoms with Crippen molar-refractivity contribution in [1.29, 1.82) is 0 Å². The summed E-state index contributed by atoms with van der Waals surface area (Å²) in [6.45, 7) is 0.906. The van der Waals surface area contributed by atoms with Crippen LogP contribution in [0.4, 0.5) is 0 Å². The first-order valence-electron chi connectivity index (χ1n) is 7.07. The van der Waals surface area contributed by atoms with Crippen molar-refractivity contribution < 1.29 is 14.3 Å². The Labute approximate surface area is 133 Å². The summed E-state index contributed by atoms with van der Waals surface area (Å²) in [5, 5.41) is 0. The van der Waals surface area contributed by atoms with Crippen LogP contribution in [0.2, 0.25) is 0 Å². The van der Waals surface area contributed by atoms with E-state index < -0.39 is 0 Å². The monoisotopic (exact) mass is 309 g/mol. The molecule has 23 heavy (non-hydrogen) atoms. The van der Waals surface area contributed by atoms with Crippen LogP contribution in [-0.4, -0.2) is 36.1 Å². The van der Waals surface area contributed by atoms with Crippen molar-refractivity contribution >= 4 is 18.1 Å². The molecule has 0 aliphatic carbocycles. The molecule has 2 aromatic rings. The number of ether oxygens (including phenoxy) is 2. The molecule has 0 amide bonds. The fraction of sp³-hybridized carbons (Fsp3) is 0.176. The third-order valence-corrected chi connectivity index (χ3v) is 3.43. The molecule has 3 rings (SSSR count). The molecule has 1 aliphatic heterocycles. The Bertz CT molecular complexity index is 784. The molecule has 0 N–H and O–H groups in total. The first kappa shape index (κ1) is 14.9. The van der Waals surface area contributed by atoms with E-state index in [1.54, 1.807) is 18.5 Å². The first-order chi connectivity index (χ1) is 11.3. The number of aldehydes is 1. The number of aromatic nitrogens is 2. The molecule has 6 heteroatoms. The molecule has 0 unspecified atom stereocenters. The van der Waals surface area contributed by atoms with Crippen LogP contribution in [0.3, 0.4) is 0 Å². The van der Waals surface area contributed by atoms with Gasteiger partial charge in [0.1, 0.15) is 12.4 Å². The van der Waals surface area contributed by atoms with E-state index in [9.17, 15) is 4.79 Å². The molecular formula is C17H15N3O3. The fourth-order valence-corrected chi connectivity index (χ4v) is 2.26. The maximum absolute atomic E-state index is 11.2. The molecule has 2 aromatic heterocycles. The topological polar surface area (TPSA) is 73.7 Å². The predicted octanol–water partition coefficient (Wildman–Crippen LogP) is 2.34. The van der Waals surface area contributed by atoms with Gasteiger partial charge < -0.3 is 9.47 Å². The van der Waals surface area contributed by atoms with Gasteiger partial charge in [0.2, 0.25) is 5.88 Å². The molecule has 0 bridgehead atoms. The van der Waals surface area contributed by atoms with Crippen LogP contribution in [0.15, 0.2) is 41.7 Å². The second-order valence-corrected chi connectivity index (χ2v) is 4.86. The SMILES string of the molecule is COc1cc(C=O)c(OCc2cccnc2C2=CC=NC2)cn1. The smallest absolute Gasteiger partial charge is 0.213 e. The van der Waals surface area contributed by atoms with Gasteiger partial charge in [-0.25, -0.2) is 4.98 Å². The van der Waals surface area contributed by atoms with Crippen LogP contribution >= 0.6 is 0 Å². The van der Waals surface area contributed by atoms with E-state index in [1.165, 1.54) is 13.3 Å². The van der Waals surface area contributed by atoms with Gasteiger partial charge in [0.15, 0.2) is 6.29 Å². The van der Waals surface area contributed by atoms with Crippen molar-refractivity contribution in [2.45, 2.75) is 6.61 Å². The molecule has 0 saturated carbocycles. The number of pyridine rings is 2. The zero-order valence-electron chi connectivity index (χ0n) is 12.6. The molecule has 0 spiro atoms. The Morgan fingerprint density at radius 1 is 1.35 bits per heavy atom. The minimum atomic E-state index is 0.287. The predicted molar refractivity (Wildman–Crippen MR) is 86.1 cm³/mol. The molecule has 0 fully saturated rings. The van der Waals surface area contributed by atoms with Crippen molar-refractivity contribution in [3.63, 3.8) is 0 Å². The molecule has 0 saturated heterocycles. The molecule has 0 atom stereocenters. The highest BCUT2D eigenvalue weighted by Gasteiger charge is 2.12. The van der Waals surface area contributed by atoms with E-state index in [1.807, 2.05) is 18.2 Å². The van der Waals surface area contributed by atoms with Crippen molar-refractivity contribution in [2.24, 2.45) is 4.99 Å². The number of carbonyl (C=O) groups excluding carboxylic acids is 1. The Balaban J connectivity index is 1.80. The standard InChI is InChI=1S/C17H15N3O3/c1-22-16-7-14(10-21)15(9-20-16)23-11-13-3-2-5-19-17(13)12-4-6-18-8-12/h2-7,9-10H,8,11H2,1H3. The second kappa shape index (κ2) is 6.83. The zero-order valence-corrected chi connectivity index (χ0v) is 12.6. The van der Waals surface area contributed by atoms with Gasteiger partial charge in [-0.15, -0.1) is 0 Å². The number of hydrogen-bond acceptors (Lipinski definition) is 6. The van der Waals surface area contributed by atoms with Crippen molar-refractivity contribution in [3.8, 4) is 11.6 Å². The summed E-state index contributed by atoms with van der Waals surface area (Å²) in [4.78, 5) is 23.8. The Hall–Kier alpha value is -3.02. The van der Waals surface area contributed by atoms with Crippen LogP contribution < -0.4 is 9.47 Å². The molecular weight excluding hydrogens is 294 g/mol. The lowest BCUT2D eigenvalue weighted by molar-refractivity contribution is 0.111. The number of methoxy groups -OCH3 is 1. The van der Waals surface area contributed by atoms with Crippen LogP contribution in [-0.2, 0) is 6.61 Å². The van der Waals surface area contributed by atoms with Gasteiger partial charge in [-0.2, -0.15) is 0 Å². The summed E-state index contributed by atoms with van der Waals surface area (Å²) >= 11 is 0. The lowest BCUT2D eigenvalue weighted by Crippen LogP contribution is -2.04. The molecule has 3 heterocycles. The Kier molecular flexibility index (Phi) is 4.42. The van der Waals surface area contributed by atoms with Gasteiger partial charge in [-0.05, 0) is 12.1 Å². The van der Waals surface area contributed by atoms with E-state index in [2.05, 4.69) is 15.0 Å². The van der Waals surface area contributed by atoms with Gasteiger partial charge >= 0.3 is 0 Å². The highest BCUT2D eigenvalue weighted by atomic mass is 16.5. The van der Waals surface area contributed by atoms with E-state index in [-0.39, 0.29) is 6.61 Å². The molecule has 116 valence electrons. The van der Waals surface area contributed by atoms with Crippen LogP contribution in [0.25, 0.3) is 5.57 Å². The van der Waals surface area contributed by atoms with Crippen molar-refractivity contribution in [1.82, 2.24) is 9.97 Å². The van der Waals surface area contributed by atoms with Crippen molar-refractivity contribution in [2.75, 3.05) is 13.7 Å². The van der Waals surface area contributed by atoms with Gasteiger partial charge in [0.25, 0.3) is 0 Å². The van der Waals surface area contributed by atoms with Crippen LogP contribution in [0.5, 0.6) is 11.6 Å². The summed E-state index contributed by atoms with van der Waals surface area (Å²) in [7, 11) is 1.50. The van der Waals surface area contributed by atoms with Gasteiger partial charge in [-0.1, -0.05) is 6.07 Å². The van der Waals surface area contributed by atoms with Crippen LogP contribution in [0, 0.1) is 0 Å². The fourth-order valence-electron chi connectivity index (χ4n) is 2.26. The number of rotatable bonds is 6. The normalized spacial score (nSPS) is 12.8. The second-order valence-electron chi connectivity index (χ2n) is 4.86. The van der Waals surface area contributed by atoms with Gasteiger partial charge in [0.05, 0.1) is 31.1 Å². The average Bonchev–Trinajstić information content (AvgIpc) is 3.14. The van der Waals surface area contributed by atoms with E-state index in [0.717, 1.165) is 23.1 Å². The minimum absolute atomic E-state index is 0.287. The summed E-state index contributed by atoms with van der Waals surface area (Å²) in [6, 6.07) is 5.34. The number of carbonyl (C=O) groups is 1. The van der Waals surface area contributed by atoms with E-state index in [4.69, 9.17) is 9.47 Å². The molecule has 6 nitrogen and oxygen atoms in total. The number of hydrogen-bond donors (Lipinski definition) is 0. The highest BCUT2D eigenvalue weighted by Crippen LogP contribution is 2.23. The number of nitrogens with zero attached hydrogens (tertiary/aromatic N) is 3. The Morgan fingerprint density at radius 2 is 2.26 bits per heavy atom. The molecule has 0 radical (unpaired) electrons. The largest absolute Gasteiger partial charge is 0.486 e. The lowest BCUT2D eigenvalue weighted by atomic mass is 10.1. The maximum atomic E-state index is 11.2. The molecule has 0 aromatic carbocycles. The lowest BCUT2D eigenvalue weighted by Gasteiger charge is -2.12. The third kappa shape index (κ3) is 3.26. The number of allylic oxidation sites excluding steroid dienone is 1. The zero-order chi connectivity index (χ0) is 16.1. The molecule has 1 aliphatic rings. The highest BCUT2D eigenvalue weighted by molar-refractivity contribution is 5.89.